The third-order valence-electron chi connectivity index (χ3n) is 2.79. The van der Waals surface area contributed by atoms with Crippen LogP contribution >= 0.6 is 22.7 Å². The molecule has 0 spiro atoms. The SMILES string of the molecule is OC1COOC(c2ccc(-c3cccs3)s2)C1O. The Morgan fingerprint density at radius 1 is 1.17 bits per heavy atom. The van der Waals surface area contributed by atoms with Gasteiger partial charge in [-0.2, -0.15) is 0 Å². The maximum atomic E-state index is 9.88. The van der Waals surface area contributed by atoms with Gasteiger partial charge in [0.05, 0.1) is 0 Å². The van der Waals surface area contributed by atoms with E-state index < -0.39 is 18.3 Å². The summed E-state index contributed by atoms with van der Waals surface area (Å²) in [5.74, 6) is 0. The van der Waals surface area contributed by atoms with Gasteiger partial charge >= 0.3 is 0 Å². The lowest BCUT2D eigenvalue weighted by Gasteiger charge is -2.29. The molecule has 0 saturated carbocycles. The molecule has 1 saturated heterocycles. The Labute approximate surface area is 112 Å². The number of rotatable bonds is 2. The van der Waals surface area contributed by atoms with Crippen molar-refractivity contribution in [3.8, 4) is 9.75 Å². The van der Waals surface area contributed by atoms with E-state index in [9.17, 15) is 10.2 Å². The van der Waals surface area contributed by atoms with Crippen LogP contribution in [0, 0.1) is 0 Å². The molecule has 3 atom stereocenters. The van der Waals surface area contributed by atoms with Crippen LogP contribution in [0.4, 0.5) is 0 Å². The zero-order chi connectivity index (χ0) is 12.5. The molecule has 2 aromatic rings. The van der Waals surface area contributed by atoms with Gasteiger partial charge in [-0.3, -0.25) is 0 Å². The molecule has 0 radical (unpaired) electrons. The average molecular weight is 284 g/mol. The second kappa shape index (κ2) is 5.08. The van der Waals surface area contributed by atoms with Crippen molar-refractivity contribution in [2.24, 2.45) is 0 Å². The highest BCUT2D eigenvalue weighted by Gasteiger charge is 2.35. The number of aliphatic hydroxyl groups is 2. The van der Waals surface area contributed by atoms with Crippen LogP contribution in [0.25, 0.3) is 9.75 Å². The van der Waals surface area contributed by atoms with Crippen molar-refractivity contribution in [2.75, 3.05) is 6.61 Å². The van der Waals surface area contributed by atoms with Crippen LogP contribution in [0.1, 0.15) is 11.0 Å². The summed E-state index contributed by atoms with van der Waals surface area (Å²) in [5, 5.41) is 21.5. The second-order valence-corrected chi connectivity index (χ2v) is 6.10. The molecule has 3 heterocycles. The molecule has 4 nitrogen and oxygen atoms in total. The van der Waals surface area contributed by atoms with Gasteiger partial charge in [-0.1, -0.05) is 6.07 Å². The van der Waals surface area contributed by atoms with Crippen LogP contribution in [0.15, 0.2) is 29.6 Å². The molecule has 18 heavy (non-hydrogen) atoms. The van der Waals surface area contributed by atoms with E-state index in [0.29, 0.717) is 0 Å². The Bertz CT molecular complexity index is 508. The van der Waals surface area contributed by atoms with Crippen molar-refractivity contribution in [3.63, 3.8) is 0 Å². The molecule has 0 aliphatic carbocycles. The normalized spacial score (nSPS) is 28.4. The van der Waals surface area contributed by atoms with Crippen molar-refractivity contribution < 1.29 is 20.0 Å². The molecular formula is C12H12O4S2. The molecule has 3 rings (SSSR count). The first-order valence-corrected chi connectivity index (χ1v) is 7.23. The van der Waals surface area contributed by atoms with E-state index >= 15 is 0 Å². The third-order valence-corrected chi connectivity index (χ3v) is 5.00. The molecule has 1 fully saturated rings. The maximum Gasteiger partial charge on any atom is 0.155 e. The zero-order valence-corrected chi connectivity index (χ0v) is 11.0. The summed E-state index contributed by atoms with van der Waals surface area (Å²) in [6, 6.07) is 7.93. The fraction of sp³-hybridized carbons (Fsp3) is 0.333. The van der Waals surface area contributed by atoms with Gasteiger partial charge in [0.25, 0.3) is 0 Å². The van der Waals surface area contributed by atoms with E-state index in [2.05, 4.69) is 0 Å². The average Bonchev–Trinajstić information content (AvgIpc) is 3.01. The number of hydrogen-bond donors (Lipinski definition) is 2. The summed E-state index contributed by atoms with van der Waals surface area (Å²) >= 11 is 3.20. The largest absolute Gasteiger partial charge is 0.388 e. The van der Waals surface area contributed by atoms with Gasteiger partial charge in [0.15, 0.2) is 6.10 Å². The topological polar surface area (TPSA) is 58.9 Å². The Balaban J connectivity index is 1.84. The Kier molecular flexibility index (Phi) is 3.47. The van der Waals surface area contributed by atoms with Crippen molar-refractivity contribution >= 4 is 22.7 Å². The number of aliphatic hydroxyl groups excluding tert-OH is 2. The molecule has 2 N–H and O–H groups in total. The lowest BCUT2D eigenvalue weighted by atomic mass is 10.1. The molecule has 0 amide bonds. The first kappa shape index (κ1) is 12.3. The number of hydrogen-bond acceptors (Lipinski definition) is 6. The van der Waals surface area contributed by atoms with Gasteiger partial charge in [0.1, 0.15) is 18.8 Å². The van der Waals surface area contributed by atoms with Crippen LogP contribution in [-0.2, 0) is 9.78 Å². The van der Waals surface area contributed by atoms with Crippen LogP contribution in [0.3, 0.4) is 0 Å². The van der Waals surface area contributed by atoms with Crippen LogP contribution in [-0.4, -0.2) is 29.0 Å². The Morgan fingerprint density at radius 3 is 2.83 bits per heavy atom. The molecule has 1 aliphatic rings. The fourth-order valence-electron chi connectivity index (χ4n) is 1.81. The van der Waals surface area contributed by atoms with Gasteiger partial charge in [-0.25, -0.2) is 9.78 Å². The Morgan fingerprint density at radius 2 is 2.06 bits per heavy atom. The second-order valence-electron chi connectivity index (χ2n) is 4.04. The van der Waals surface area contributed by atoms with Crippen molar-refractivity contribution in [2.45, 2.75) is 18.3 Å². The molecule has 0 bridgehead atoms. The predicted octanol–water partition coefficient (Wildman–Crippen LogP) is 2.20. The molecule has 3 unspecified atom stereocenters. The van der Waals surface area contributed by atoms with Gasteiger partial charge in [0, 0.05) is 14.6 Å². The third kappa shape index (κ3) is 2.23. The summed E-state index contributed by atoms with van der Waals surface area (Å²) < 4.78 is 0. The van der Waals surface area contributed by atoms with Gasteiger partial charge < -0.3 is 10.2 Å². The highest BCUT2D eigenvalue weighted by Crippen LogP contribution is 2.37. The molecule has 2 aromatic heterocycles. The molecule has 6 heteroatoms. The van der Waals surface area contributed by atoms with E-state index in [0.717, 1.165) is 9.75 Å². The zero-order valence-electron chi connectivity index (χ0n) is 9.35. The summed E-state index contributed by atoms with van der Waals surface area (Å²) in [5.41, 5.74) is 0. The predicted molar refractivity (Wildman–Crippen MR) is 69.4 cm³/mol. The van der Waals surface area contributed by atoms with E-state index in [-0.39, 0.29) is 6.61 Å². The van der Waals surface area contributed by atoms with Crippen molar-refractivity contribution in [1.82, 2.24) is 0 Å². The van der Waals surface area contributed by atoms with E-state index in [1.165, 1.54) is 16.2 Å². The number of thiophene rings is 2. The molecular weight excluding hydrogens is 272 g/mol. The first-order valence-electron chi connectivity index (χ1n) is 5.54. The Hall–Kier alpha value is -0.760. The van der Waals surface area contributed by atoms with Gasteiger partial charge in [-0.05, 0) is 23.6 Å². The monoisotopic (exact) mass is 284 g/mol. The quantitative estimate of drug-likeness (QED) is 0.830. The summed E-state index contributed by atoms with van der Waals surface area (Å²) in [7, 11) is 0. The highest BCUT2D eigenvalue weighted by molar-refractivity contribution is 7.21. The van der Waals surface area contributed by atoms with Crippen LogP contribution in [0.5, 0.6) is 0 Å². The van der Waals surface area contributed by atoms with E-state index in [4.69, 9.17) is 9.78 Å². The highest BCUT2D eigenvalue weighted by atomic mass is 32.1. The van der Waals surface area contributed by atoms with Crippen molar-refractivity contribution in [3.05, 3.63) is 34.5 Å². The van der Waals surface area contributed by atoms with Gasteiger partial charge in [0.2, 0.25) is 0 Å². The van der Waals surface area contributed by atoms with Crippen LogP contribution < -0.4 is 0 Å². The minimum absolute atomic E-state index is 0.000817. The first-order chi connectivity index (χ1) is 8.75. The fourth-order valence-corrected chi connectivity index (χ4v) is 3.72. The summed E-state index contributed by atoms with van der Waals surface area (Å²) in [6.45, 7) is 0.000817. The maximum absolute atomic E-state index is 9.88. The van der Waals surface area contributed by atoms with E-state index in [1.807, 2.05) is 29.6 Å². The summed E-state index contributed by atoms with van der Waals surface area (Å²) in [6.07, 6.45) is -2.47. The molecule has 0 aromatic carbocycles. The smallest absolute Gasteiger partial charge is 0.155 e. The lowest BCUT2D eigenvalue weighted by molar-refractivity contribution is -0.386. The molecule has 96 valence electrons. The minimum atomic E-state index is -0.950. The molecule has 1 aliphatic heterocycles. The lowest BCUT2D eigenvalue weighted by Crippen LogP contribution is -2.41. The standard InChI is InChI=1S/C12H12O4S2/c13-7-6-15-16-12(11(7)14)10-4-3-9(18-10)8-2-1-5-17-8/h1-5,7,11-14H,6H2. The van der Waals surface area contributed by atoms with Gasteiger partial charge in [-0.15, -0.1) is 22.7 Å². The van der Waals surface area contributed by atoms with Crippen LogP contribution in [0.2, 0.25) is 0 Å². The van der Waals surface area contributed by atoms with Crippen molar-refractivity contribution in [1.29, 1.82) is 0 Å². The summed E-state index contributed by atoms with van der Waals surface area (Å²) in [4.78, 5) is 13.1. The van der Waals surface area contributed by atoms with E-state index in [1.54, 1.807) is 11.3 Å². The minimum Gasteiger partial charge on any atom is -0.388 e.